The highest BCUT2D eigenvalue weighted by molar-refractivity contribution is 5.83. The first kappa shape index (κ1) is 8.10. The number of hydrogen-bond donors (Lipinski definition) is 2. The lowest BCUT2D eigenvalue weighted by Gasteiger charge is -1.98. The summed E-state index contributed by atoms with van der Waals surface area (Å²) < 4.78 is 0. The number of carboxylic acids is 1. The van der Waals surface area contributed by atoms with Gasteiger partial charge >= 0.3 is 5.97 Å². The minimum Gasteiger partial charge on any atom is -0.479 e. The number of ketones is 1. The number of aliphatic carboxylic acids is 1. The van der Waals surface area contributed by atoms with Gasteiger partial charge < -0.3 is 10.2 Å². The van der Waals surface area contributed by atoms with Crippen LogP contribution in [0.4, 0.5) is 0 Å². The van der Waals surface area contributed by atoms with Gasteiger partial charge in [-0.15, -0.1) is 0 Å². The molecule has 0 spiro atoms. The zero-order chi connectivity index (χ0) is 7.44. The first-order valence-corrected chi connectivity index (χ1v) is 2.44. The smallest absolute Gasteiger partial charge is 0.332 e. The van der Waals surface area contributed by atoms with Gasteiger partial charge in [0.05, 0.1) is 0 Å². The van der Waals surface area contributed by atoms with Gasteiger partial charge in [0.25, 0.3) is 0 Å². The lowest BCUT2D eigenvalue weighted by molar-refractivity contribution is -0.148. The van der Waals surface area contributed by atoms with E-state index in [1.807, 2.05) is 0 Å². The van der Waals surface area contributed by atoms with Crippen LogP contribution in [0.25, 0.3) is 0 Å². The van der Waals surface area contributed by atoms with Crippen LogP contribution in [0, 0.1) is 0 Å². The van der Waals surface area contributed by atoms with Crippen molar-refractivity contribution in [2.75, 3.05) is 0 Å². The van der Waals surface area contributed by atoms with Crippen molar-refractivity contribution in [2.24, 2.45) is 0 Å². The minimum absolute atomic E-state index is 0.310. The van der Waals surface area contributed by atoms with E-state index in [9.17, 15) is 9.59 Å². The fraction of sp³-hybridized carbons (Fsp3) is 0.600. The van der Waals surface area contributed by atoms with Gasteiger partial charge in [-0.25, -0.2) is 4.79 Å². The molecule has 0 amide bonds. The molecule has 0 fully saturated rings. The maximum atomic E-state index is 10.1. The molecule has 4 nitrogen and oxygen atoms in total. The highest BCUT2D eigenvalue weighted by Crippen LogP contribution is 1.91. The molecular weight excluding hydrogens is 124 g/mol. The molecular formula is C5H8O4. The molecule has 2 N–H and O–H groups in total. The number of aliphatic hydroxyl groups excluding tert-OH is 1. The quantitative estimate of drug-likeness (QED) is 0.538. The van der Waals surface area contributed by atoms with E-state index in [1.54, 1.807) is 0 Å². The second-order valence-corrected chi connectivity index (χ2v) is 1.76. The van der Waals surface area contributed by atoms with Crippen LogP contribution in [0.2, 0.25) is 0 Å². The number of carbonyl (C=O) groups is 2. The fourth-order valence-electron chi connectivity index (χ4n) is 0.360. The number of aliphatic hydroxyl groups is 1. The SMILES string of the molecule is CC(=O)C[C@H](O)C(=O)O. The summed E-state index contributed by atoms with van der Waals surface area (Å²) in [4.78, 5) is 20.0. The Labute approximate surface area is 52.1 Å². The van der Waals surface area contributed by atoms with Gasteiger partial charge in [0, 0.05) is 6.42 Å². The van der Waals surface area contributed by atoms with Crippen LogP contribution in [0.1, 0.15) is 13.3 Å². The first-order chi connectivity index (χ1) is 4.04. The third-order valence-electron chi connectivity index (χ3n) is 0.766. The third-order valence-corrected chi connectivity index (χ3v) is 0.766. The number of carbonyl (C=O) groups excluding carboxylic acids is 1. The van der Waals surface area contributed by atoms with Crippen molar-refractivity contribution in [3.8, 4) is 0 Å². The molecule has 0 rings (SSSR count). The highest BCUT2D eigenvalue weighted by atomic mass is 16.4. The summed E-state index contributed by atoms with van der Waals surface area (Å²) in [5.74, 6) is -1.69. The van der Waals surface area contributed by atoms with E-state index in [0.717, 1.165) is 0 Å². The number of Topliss-reactive ketones (excluding diaryl/α,β-unsaturated/α-hetero) is 1. The molecule has 0 aromatic heterocycles. The average Bonchev–Trinajstić information content (AvgIpc) is 1.63. The lowest BCUT2D eigenvalue weighted by Crippen LogP contribution is -2.21. The second-order valence-electron chi connectivity index (χ2n) is 1.76. The average molecular weight is 132 g/mol. The summed E-state index contributed by atoms with van der Waals surface area (Å²) in [6.07, 6.45) is -1.85. The van der Waals surface area contributed by atoms with Gasteiger partial charge in [0.2, 0.25) is 0 Å². The predicted molar refractivity (Wildman–Crippen MR) is 28.9 cm³/mol. The third kappa shape index (κ3) is 3.66. The van der Waals surface area contributed by atoms with Gasteiger partial charge in [-0.05, 0) is 6.92 Å². The topological polar surface area (TPSA) is 74.6 Å². The normalized spacial score (nSPS) is 12.7. The minimum atomic E-state index is -1.54. The summed E-state index contributed by atoms with van der Waals surface area (Å²) in [6.45, 7) is 1.23. The zero-order valence-corrected chi connectivity index (χ0v) is 5.00. The fourth-order valence-corrected chi connectivity index (χ4v) is 0.360. The van der Waals surface area contributed by atoms with E-state index in [0.29, 0.717) is 0 Å². The molecule has 52 valence electrons. The van der Waals surface area contributed by atoms with E-state index in [4.69, 9.17) is 10.2 Å². The molecule has 0 unspecified atom stereocenters. The van der Waals surface area contributed by atoms with Crippen LogP contribution >= 0.6 is 0 Å². The van der Waals surface area contributed by atoms with E-state index in [2.05, 4.69) is 0 Å². The highest BCUT2D eigenvalue weighted by Gasteiger charge is 2.14. The summed E-state index contributed by atoms with van der Waals surface area (Å²) in [5.41, 5.74) is 0. The molecule has 0 aliphatic heterocycles. The summed E-state index contributed by atoms with van der Waals surface area (Å²) in [7, 11) is 0. The summed E-state index contributed by atoms with van der Waals surface area (Å²) in [5, 5.41) is 16.5. The van der Waals surface area contributed by atoms with Gasteiger partial charge in [0.1, 0.15) is 5.78 Å². The number of rotatable bonds is 3. The second kappa shape index (κ2) is 3.19. The first-order valence-electron chi connectivity index (χ1n) is 2.44. The zero-order valence-electron chi connectivity index (χ0n) is 5.00. The van der Waals surface area contributed by atoms with Crippen molar-refractivity contribution >= 4 is 11.8 Å². The van der Waals surface area contributed by atoms with Crippen LogP contribution in [0.3, 0.4) is 0 Å². The summed E-state index contributed by atoms with van der Waals surface area (Å²) >= 11 is 0. The standard InChI is InChI=1S/C5H8O4/c1-3(6)2-4(7)5(8)9/h4,7H,2H2,1H3,(H,8,9)/t4-/m0/s1. The molecule has 0 heterocycles. The molecule has 0 aliphatic rings. The Hall–Kier alpha value is -0.900. The van der Waals surface area contributed by atoms with Gasteiger partial charge in [0.15, 0.2) is 6.10 Å². The van der Waals surface area contributed by atoms with E-state index >= 15 is 0 Å². The molecule has 0 saturated carbocycles. The van der Waals surface area contributed by atoms with Gasteiger partial charge in [-0.1, -0.05) is 0 Å². The molecule has 0 saturated heterocycles. The van der Waals surface area contributed by atoms with Crippen LogP contribution in [-0.4, -0.2) is 28.1 Å². The maximum Gasteiger partial charge on any atom is 0.332 e. The Kier molecular flexibility index (Phi) is 2.87. The van der Waals surface area contributed by atoms with Crippen molar-refractivity contribution in [3.05, 3.63) is 0 Å². The Morgan fingerprint density at radius 2 is 2.00 bits per heavy atom. The van der Waals surface area contributed by atoms with E-state index in [1.165, 1.54) is 6.92 Å². The van der Waals surface area contributed by atoms with Crippen molar-refractivity contribution in [3.63, 3.8) is 0 Å². The number of hydrogen-bond acceptors (Lipinski definition) is 3. The Morgan fingerprint density at radius 1 is 1.56 bits per heavy atom. The van der Waals surface area contributed by atoms with Gasteiger partial charge in [-0.2, -0.15) is 0 Å². The lowest BCUT2D eigenvalue weighted by atomic mass is 10.2. The van der Waals surface area contributed by atoms with Crippen molar-refractivity contribution in [1.82, 2.24) is 0 Å². The van der Waals surface area contributed by atoms with Crippen molar-refractivity contribution in [1.29, 1.82) is 0 Å². The Balaban J connectivity index is 3.63. The molecule has 9 heavy (non-hydrogen) atoms. The predicted octanol–water partition coefficient (Wildman–Crippen LogP) is -0.589. The largest absolute Gasteiger partial charge is 0.479 e. The van der Waals surface area contributed by atoms with Crippen LogP contribution in [0.15, 0.2) is 0 Å². The Morgan fingerprint density at radius 3 is 2.11 bits per heavy atom. The molecule has 0 aromatic rings. The molecule has 0 aliphatic carbocycles. The molecule has 0 radical (unpaired) electrons. The molecule has 0 aromatic carbocycles. The molecule has 0 bridgehead atoms. The van der Waals surface area contributed by atoms with Gasteiger partial charge in [-0.3, -0.25) is 4.79 Å². The molecule has 1 atom stereocenters. The molecule has 4 heteroatoms. The monoisotopic (exact) mass is 132 g/mol. The maximum absolute atomic E-state index is 10.1. The van der Waals surface area contributed by atoms with Crippen LogP contribution in [0.5, 0.6) is 0 Å². The van der Waals surface area contributed by atoms with Crippen molar-refractivity contribution < 1.29 is 19.8 Å². The van der Waals surface area contributed by atoms with E-state index in [-0.39, 0.29) is 12.2 Å². The number of carboxylic acid groups (broad SMARTS) is 1. The van der Waals surface area contributed by atoms with Crippen molar-refractivity contribution in [2.45, 2.75) is 19.4 Å². The summed E-state index contributed by atoms with van der Waals surface area (Å²) in [6, 6.07) is 0. The van der Waals surface area contributed by atoms with Crippen LogP contribution in [-0.2, 0) is 9.59 Å². The Bertz CT molecular complexity index is 129. The van der Waals surface area contributed by atoms with Crippen LogP contribution < -0.4 is 0 Å². The van der Waals surface area contributed by atoms with E-state index < -0.39 is 12.1 Å².